The Morgan fingerprint density at radius 3 is 3.10 bits per heavy atom. The Hall–Kier alpha value is -1.18. The molecule has 114 valence electrons. The van der Waals surface area contributed by atoms with Crippen LogP contribution < -0.4 is 5.43 Å². The molecule has 2 amide bonds. The van der Waals surface area contributed by atoms with Crippen LogP contribution in [0.1, 0.15) is 31.2 Å². The van der Waals surface area contributed by atoms with E-state index in [0.717, 1.165) is 24.4 Å². The van der Waals surface area contributed by atoms with Gasteiger partial charge in [0.15, 0.2) is 0 Å². The number of piperidine rings is 1. The number of halogens is 1. The second kappa shape index (κ2) is 5.55. The minimum Gasteiger partial charge on any atom is -0.294 e. The topological polar surface area (TPSA) is 65.5 Å². The molecular weight excluding hydrogens is 312 g/mol. The molecule has 0 bridgehead atoms. The van der Waals surface area contributed by atoms with E-state index in [0.29, 0.717) is 23.8 Å². The van der Waals surface area contributed by atoms with Gasteiger partial charge in [-0.15, -0.1) is 11.3 Å². The molecule has 1 spiro atoms. The van der Waals surface area contributed by atoms with Crippen molar-refractivity contribution >= 4 is 34.8 Å². The van der Waals surface area contributed by atoms with Crippen molar-refractivity contribution in [3.05, 3.63) is 15.5 Å². The number of amides is 2. The van der Waals surface area contributed by atoms with Gasteiger partial charge in [0, 0.05) is 13.5 Å². The highest BCUT2D eigenvalue weighted by Crippen LogP contribution is 2.34. The number of hydrazine groups is 1. The Morgan fingerprint density at radius 2 is 2.43 bits per heavy atom. The Balaban J connectivity index is 1.75. The third-order valence-electron chi connectivity index (χ3n) is 4.03. The lowest BCUT2D eigenvalue weighted by molar-refractivity contribution is -0.141. The van der Waals surface area contributed by atoms with Crippen molar-refractivity contribution in [1.29, 1.82) is 0 Å². The van der Waals surface area contributed by atoms with Crippen LogP contribution in [0.25, 0.3) is 0 Å². The fourth-order valence-corrected chi connectivity index (χ4v) is 4.29. The molecule has 0 radical (unpaired) electrons. The normalized spacial score (nSPS) is 26.4. The van der Waals surface area contributed by atoms with Gasteiger partial charge in [-0.25, -0.2) is 9.99 Å². The molecule has 1 aromatic rings. The fourth-order valence-electron chi connectivity index (χ4n) is 3.29. The lowest BCUT2D eigenvalue weighted by atomic mass is 9.86. The second-order valence-corrected chi connectivity index (χ2v) is 7.41. The third-order valence-corrected chi connectivity index (χ3v) is 5.13. The van der Waals surface area contributed by atoms with Crippen molar-refractivity contribution in [1.82, 2.24) is 20.3 Å². The average molecular weight is 329 g/mol. The minimum atomic E-state index is -0.414. The van der Waals surface area contributed by atoms with E-state index in [-0.39, 0.29) is 11.8 Å². The maximum Gasteiger partial charge on any atom is 0.241 e. The first-order chi connectivity index (χ1) is 9.98. The monoisotopic (exact) mass is 328 g/mol. The van der Waals surface area contributed by atoms with Gasteiger partial charge in [0.2, 0.25) is 11.8 Å². The van der Waals surface area contributed by atoms with Gasteiger partial charge in [-0.3, -0.25) is 19.9 Å². The molecule has 0 aliphatic carbocycles. The number of thiazole rings is 1. The first kappa shape index (κ1) is 14.7. The molecule has 21 heavy (non-hydrogen) atoms. The molecule has 3 rings (SSSR count). The molecule has 8 heteroatoms. The number of carbonyl (C=O) groups excluding carboxylic acids is 2. The average Bonchev–Trinajstić information content (AvgIpc) is 2.94. The zero-order valence-electron chi connectivity index (χ0n) is 11.8. The quantitative estimate of drug-likeness (QED) is 0.891. The Morgan fingerprint density at radius 1 is 1.62 bits per heavy atom. The van der Waals surface area contributed by atoms with E-state index in [1.165, 1.54) is 23.3 Å². The summed E-state index contributed by atoms with van der Waals surface area (Å²) in [5.41, 5.74) is 2.27. The largest absolute Gasteiger partial charge is 0.294 e. The number of hydrogen-bond acceptors (Lipinski definition) is 5. The maximum atomic E-state index is 11.8. The second-order valence-electron chi connectivity index (χ2n) is 5.66. The summed E-state index contributed by atoms with van der Waals surface area (Å²) in [5.74, 6) is -0.190. The van der Waals surface area contributed by atoms with Crippen LogP contribution in [0.2, 0.25) is 4.34 Å². The van der Waals surface area contributed by atoms with Gasteiger partial charge < -0.3 is 0 Å². The van der Waals surface area contributed by atoms with Crippen LogP contribution >= 0.6 is 22.9 Å². The molecule has 1 aromatic heterocycles. The van der Waals surface area contributed by atoms with Crippen molar-refractivity contribution in [3.8, 4) is 0 Å². The van der Waals surface area contributed by atoms with Gasteiger partial charge in [0.1, 0.15) is 9.34 Å². The van der Waals surface area contributed by atoms with Gasteiger partial charge in [0.05, 0.1) is 24.7 Å². The fraction of sp³-hybridized carbons (Fsp3) is 0.615. The molecule has 0 saturated carbocycles. The number of hydrogen-bond donors (Lipinski definition) is 1. The van der Waals surface area contributed by atoms with E-state index in [9.17, 15) is 9.59 Å². The Labute approximate surface area is 132 Å². The molecular formula is C13H17ClN4O2S. The van der Waals surface area contributed by atoms with E-state index in [1.54, 1.807) is 6.20 Å². The van der Waals surface area contributed by atoms with Gasteiger partial charge in [-0.2, -0.15) is 0 Å². The van der Waals surface area contributed by atoms with E-state index in [4.69, 9.17) is 11.6 Å². The van der Waals surface area contributed by atoms with Crippen LogP contribution in [-0.2, 0) is 16.1 Å². The van der Waals surface area contributed by atoms with Crippen molar-refractivity contribution in [2.75, 3.05) is 13.1 Å². The lowest BCUT2D eigenvalue weighted by Gasteiger charge is -2.43. The van der Waals surface area contributed by atoms with E-state index < -0.39 is 5.54 Å². The molecule has 2 aliphatic rings. The van der Waals surface area contributed by atoms with E-state index in [2.05, 4.69) is 15.3 Å². The summed E-state index contributed by atoms with van der Waals surface area (Å²) < 4.78 is 0.680. The predicted octanol–water partition coefficient (Wildman–Crippen LogP) is 1.41. The molecule has 2 fully saturated rings. The summed E-state index contributed by atoms with van der Waals surface area (Å²) in [5, 5.41) is 2.49. The van der Waals surface area contributed by atoms with Gasteiger partial charge in [-0.1, -0.05) is 11.6 Å². The summed E-state index contributed by atoms with van der Waals surface area (Å²) in [4.78, 5) is 30.1. The van der Waals surface area contributed by atoms with Crippen molar-refractivity contribution in [3.63, 3.8) is 0 Å². The molecule has 3 heterocycles. The van der Waals surface area contributed by atoms with Crippen LogP contribution in [-0.4, -0.2) is 45.3 Å². The Bertz CT molecular complexity index is 578. The van der Waals surface area contributed by atoms with Crippen LogP contribution in [0.4, 0.5) is 0 Å². The first-order valence-electron chi connectivity index (χ1n) is 6.91. The van der Waals surface area contributed by atoms with Gasteiger partial charge >= 0.3 is 0 Å². The lowest BCUT2D eigenvalue weighted by Crippen LogP contribution is -2.59. The molecule has 2 aliphatic heterocycles. The molecule has 1 N–H and O–H groups in total. The first-order valence-corrected chi connectivity index (χ1v) is 8.11. The number of likely N-dealkylation sites (tertiary alicyclic amines) is 1. The maximum absolute atomic E-state index is 11.8. The number of carbonyl (C=O) groups is 2. The molecule has 1 unspecified atom stereocenters. The number of aromatic nitrogens is 1. The van der Waals surface area contributed by atoms with Gasteiger partial charge in [0.25, 0.3) is 0 Å². The van der Waals surface area contributed by atoms with Crippen LogP contribution in [0.3, 0.4) is 0 Å². The Kier molecular flexibility index (Phi) is 3.90. The highest BCUT2D eigenvalue weighted by molar-refractivity contribution is 7.15. The highest BCUT2D eigenvalue weighted by atomic mass is 35.5. The van der Waals surface area contributed by atoms with Crippen molar-refractivity contribution < 1.29 is 9.59 Å². The SMILES string of the molecule is CC(=O)N1NC(=O)CC12CCCN(Cc1ncc(Cl)s1)C2. The van der Waals surface area contributed by atoms with Crippen LogP contribution in [0, 0.1) is 0 Å². The molecule has 6 nitrogen and oxygen atoms in total. The zero-order chi connectivity index (χ0) is 15.0. The van der Waals surface area contributed by atoms with Crippen molar-refractivity contribution in [2.45, 2.75) is 38.3 Å². The number of nitrogens with zero attached hydrogens (tertiary/aromatic N) is 3. The van der Waals surface area contributed by atoms with E-state index in [1.807, 2.05) is 0 Å². The summed E-state index contributed by atoms with van der Waals surface area (Å²) in [6.45, 7) is 3.83. The zero-order valence-corrected chi connectivity index (χ0v) is 13.3. The highest BCUT2D eigenvalue weighted by Gasteiger charge is 2.49. The van der Waals surface area contributed by atoms with Crippen molar-refractivity contribution in [2.24, 2.45) is 0 Å². The minimum absolute atomic E-state index is 0.0793. The standard InChI is InChI=1S/C13H17ClN4O2S/c1-9(19)18-13(5-11(20)16-18)3-2-4-17(8-13)7-12-15-6-10(14)21-12/h6H,2-5,7-8H2,1H3,(H,16,20). The molecule has 0 aromatic carbocycles. The third kappa shape index (κ3) is 2.90. The van der Waals surface area contributed by atoms with Crippen LogP contribution in [0.15, 0.2) is 6.20 Å². The molecule has 2 saturated heterocycles. The smallest absolute Gasteiger partial charge is 0.241 e. The van der Waals surface area contributed by atoms with E-state index >= 15 is 0 Å². The summed E-state index contributed by atoms with van der Waals surface area (Å²) >= 11 is 7.38. The number of nitrogens with one attached hydrogen (secondary N) is 1. The van der Waals surface area contributed by atoms with Gasteiger partial charge in [-0.05, 0) is 19.4 Å². The van der Waals surface area contributed by atoms with Crippen LogP contribution in [0.5, 0.6) is 0 Å². The predicted molar refractivity (Wildman–Crippen MR) is 79.6 cm³/mol. The number of rotatable bonds is 2. The summed E-state index contributed by atoms with van der Waals surface area (Å²) in [7, 11) is 0. The summed E-state index contributed by atoms with van der Waals surface area (Å²) in [6, 6.07) is 0. The summed E-state index contributed by atoms with van der Waals surface area (Å²) in [6.07, 6.45) is 3.84. The molecule has 1 atom stereocenters.